The predicted molar refractivity (Wildman–Crippen MR) is 135 cm³/mol. The minimum absolute atomic E-state index is 0.0283. The van der Waals surface area contributed by atoms with Gasteiger partial charge in [0.1, 0.15) is 12.9 Å². The number of benzene rings is 1. The average Bonchev–Trinajstić information content (AvgIpc) is 3.35. The highest BCUT2D eigenvalue weighted by Gasteiger charge is 2.11. The molecule has 1 unspecified atom stereocenters. The molecule has 0 radical (unpaired) electrons. The van der Waals surface area contributed by atoms with Gasteiger partial charge in [0.25, 0.3) is 0 Å². The molecule has 0 bridgehead atoms. The number of aryl methyl sites for hydroxylation is 1. The van der Waals surface area contributed by atoms with Crippen LogP contribution in [0.1, 0.15) is 31.7 Å². The van der Waals surface area contributed by atoms with Crippen molar-refractivity contribution in [3.63, 3.8) is 0 Å². The Kier molecular flexibility index (Phi) is 7.57. The SMILES string of the molecule is CC/C=c1\[nH]c(-c2ccnc(OCC(CCC=O)NC)n2)c/c(=c2\c(C)ccc3c2=CNN3)c1=N. The number of likely N-dealkylation sites (N-methyl/N-ethyl adjacent to an activating group) is 1. The smallest absolute Gasteiger partial charge is 0.316 e. The van der Waals surface area contributed by atoms with E-state index in [4.69, 9.17) is 10.1 Å². The van der Waals surface area contributed by atoms with Crippen molar-refractivity contribution >= 4 is 24.2 Å². The van der Waals surface area contributed by atoms with E-state index in [1.807, 2.05) is 44.4 Å². The first-order valence-corrected chi connectivity index (χ1v) is 11.8. The minimum atomic E-state index is 0.0283. The molecule has 1 aromatic carbocycles. The topological polar surface area (TPSA) is 128 Å². The fourth-order valence-electron chi connectivity index (χ4n) is 4.14. The number of pyridine rings is 1. The van der Waals surface area contributed by atoms with Crippen molar-refractivity contribution < 1.29 is 9.53 Å². The van der Waals surface area contributed by atoms with Crippen molar-refractivity contribution in [2.45, 2.75) is 39.2 Å². The lowest BCUT2D eigenvalue weighted by molar-refractivity contribution is -0.108. The van der Waals surface area contributed by atoms with Gasteiger partial charge in [0.05, 0.1) is 27.8 Å². The van der Waals surface area contributed by atoms with Crippen LogP contribution in [0.4, 0.5) is 5.69 Å². The predicted octanol–water partition coefficient (Wildman–Crippen LogP) is 1.35. The van der Waals surface area contributed by atoms with E-state index in [0.29, 0.717) is 30.5 Å². The third-order valence-corrected chi connectivity index (χ3v) is 6.02. The number of nitrogens with one attached hydrogen (secondary N) is 5. The molecule has 0 fully saturated rings. The largest absolute Gasteiger partial charge is 0.462 e. The summed E-state index contributed by atoms with van der Waals surface area (Å²) in [5.74, 6) is 0. The summed E-state index contributed by atoms with van der Waals surface area (Å²) < 4.78 is 5.83. The van der Waals surface area contributed by atoms with Gasteiger partial charge in [-0.15, -0.1) is 0 Å². The zero-order chi connectivity index (χ0) is 24.8. The van der Waals surface area contributed by atoms with Crippen LogP contribution in [0.25, 0.3) is 23.7 Å². The maximum absolute atomic E-state index is 10.7. The third kappa shape index (κ3) is 5.25. The highest BCUT2D eigenvalue weighted by molar-refractivity contribution is 5.58. The van der Waals surface area contributed by atoms with E-state index in [0.717, 1.165) is 50.7 Å². The molecule has 9 heteroatoms. The number of aldehydes is 1. The van der Waals surface area contributed by atoms with Crippen LogP contribution in [0.3, 0.4) is 0 Å². The Morgan fingerprint density at radius 3 is 2.91 bits per heavy atom. The van der Waals surface area contributed by atoms with Gasteiger partial charge in [-0.1, -0.05) is 19.1 Å². The number of rotatable bonds is 9. The van der Waals surface area contributed by atoms with Gasteiger partial charge in [-0.2, -0.15) is 4.98 Å². The summed E-state index contributed by atoms with van der Waals surface area (Å²) >= 11 is 0. The van der Waals surface area contributed by atoms with Gasteiger partial charge in [-0.3, -0.25) is 5.41 Å². The number of nitrogens with zero attached hydrogens (tertiary/aromatic N) is 2. The minimum Gasteiger partial charge on any atom is -0.462 e. The second-order valence-electron chi connectivity index (χ2n) is 8.40. The number of hydrogen-bond donors (Lipinski definition) is 5. The molecule has 0 saturated carbocycles. The molecule has 4 rings (SSSR count). The van der Waals surface area contributed by atoms with E-state index < -0.39 is 0 Å². The second kappa shape index (κ2) is 11.0. The summed E-state index contributed by atoms with van der Waals surface area (Å²) in [6.07, 6.45) is 8.44. The summed E-state index contributed by atoms with van der Waals surface area (Å²) in [5.41, 5.74) is 9.71. The van der Waals surface area contributed by atoms with Crippen molar-refractivity contribution in [3.8, 4) is 17.4 Å². The fraction of sp³-hybridized carbons (Fsp3) is 0.308. The average molecular weight is 474 g/mol. The van der Waals surface area contributed by atoms with Crippen molar-refractivity contribution in [3.05, 3.63) is 62.4 Å². The van der Waals surface area contributed by atoms with E-state index >= 15 is 0 Å². The van der Waals surface area contributed by atoms with Crippen molar-refractivity contribution in [1.29, 1.82) is 5.41 Å². The number of anilines is 1. The van der Waals surface area contributed by atoms with Crippen LogP contribution in [0.15, 0.2) is 30.5 Å². The lowest BCUT2D eigenvalue weighted by atomic mass is 10.1. The first-order chi connectivity index (χ1) is 17.0. The van der Waals surface area contributed by atoms with Crippen LogP contribution in [0.2, 0.25) is 0 Å². The Labute approximate surface area is 203 Å². The molecule has 0 amide bonds. The number of fused-ring (bicyclic) bond motifs is 1. The summed E-state index contributed by atoms with van der Waals surface area (Å²) in [6.45, 7) is 4.46. The Morgan fingerprint density at radius 2 is 2.14 bits per heavy atom. The van der Waals surface area contributed by atoms with Crippen molar-refractivity contribution in [2.75, 3.05) is 19.1 Å². The van der Waals surface area contributed by atoms with Gasteiger partial charge in [0.15, 0.2) is 0 Å². The normalized spacial score (nSPS) is 14.4. The van der Waals surface area contributed by atoms with Crippen molar-refractivity contribution in [2.24, 2.45) is 0 Å². The van der Waals surface area contributed by atoms with E-state index in [-0.39, 0.29) is 12.1 Å². The summed E-state index contributed by atoms with van der Waals surface area (Å²) in [7, 11) is 1.84. The number of carbonyl (C=O) groups is 1. The number of ether oxygens (including phenoxy) is 1. The first kappa shape index (κ1) is 24.2. The Hall–Kier alpha value is -3.98. The molecule has 5 N–H and O–H groups in total. The Morgan fingerprint density at radius 1 is 1.29 bits per heavy atom. The number of carbonyl (C=O) groups excluding carboxylic acids is 1. The van der Waals surface area contributed by atoms with Gasteiger partial charge in [0.2, 0.25) is 0 Å². The zero-order valence-electron chi connectivity index (χ0n) is 20.2. The fourth-order valence-corrected chi connectivity index (χ4v) is 4.14. The second-order valence-corrected chi connectivity index (χ2v) is 8.40. The summed E-state index contributed by atoms with van der Waals surface area (Å²) in [5, 5.41) is 16.1. The zero-order valence-corrected chi connectivity index (χ0v) is 20.2. The van der Waals surface area contributed by atoms with Gasteiger partial charge < -0.3 is 30.7 Å². The third-order valence-electron chi connectivity index (χ3n) is 6.02. The van der Waals surface area contributed by atoms with Crippen LogP contribution in [0, 0.1) is 22.8 Å². The standard InChI is InChI=1S/C26H31N7O2/c1-4-6-22-25(27)18(24-16(2)8-9-20-19(24)14-30-33-20)13-23(31-22)21-10-11-29-26(32-21)35-15-17(28-3)7-5-12-34/h6,8-14,17,27-28,30-31,33H,4-5,7,15H2,1-3H3/b22-6-,24-18-,27-25?. The molecule has 1 aliphatic rings. The lowest BCUT2D eigenvalue weighted by Crippen LogP contribution is -2.32. The quantitative estimate of drug-likeness (QED) is 0.297. The molecule has 3 heterocycles. The number of hydrogen-bond acceptors (Lipinski definition) is 8. The first-order valence-electron chi connectivity index (χ1n) is 11.8. The van der Waals surface area contributed by atoms with E-state index in [2.05, 4.69) is 44.1 Å². The maximum atomic E-state index is 10.7. The highest BCUT2D eigenvalue weighted by Crippen LogP contribution is 2.16. The lowest BCUT2D eigenvalue weighted by Gasteiger charge is -2.15. The number of H-pyrrole nitrogens is 1. The summed E-state index contributed by atoms with van der Waals surface area (Å²) in [6, 6.07) is 8.17. The molecule has 0 saturated heterocycles. The van der Waals surface area contributed by atoms with Gasteiger partial charge in [-0.25, -0.2) is 4.98 Å². The molecule has 9 nitrogen and oxygen atoms in total. The molecule has 0 aliphatic carbocycles. The molecule has 182 valence electrons. The molecule has 1 atom stereocenters. The monoisotopic (exact) mass is 473 g/mol. The van der Waals surface area contributed by atoms with Gasteiger partial charge in [0, 0.05) is 35.3 Å². The van der Waals surface area contributed by atoms with Crippen LogP contribution >= 0.6 is 0 Å². The maximum Gasteiger partial charge on any atom is 0.316 e. The van der Waals surface area contributed by atoms with E-state index in [1.54, 1.807) is 6.20 Å². The van der Waals surface area contributed by atoms with Gasteiger partial charge in [-0.05, 0) is 55.8 Å². The molecule has 0 spiro atoms. The Balaban J connectivity index is 1.85. The molecule has 2 aromatic heterocycles. The highest BCUT2D eigenvalue weighted by atomic mass is 16.5. The van der Waals surface area contributed by atoms with E-state index in [9.17, 15) is 4.79 Å². The van der Waals surface area contributed by atoms with Crippen LogP contribution in [-0.4, -0.2) is 40.9 Å². The van der Waals surface area contributed by atoms with Crippen LogP contribution < -0.4 is 36.8 Å². The summed E-state index contributed by atoms with van der Waals surface area (Å²) in [4.78, 5) is 22.9. The number of hydrazine groups is 1. The van der Waals surface area contributed by atoms with Crippen molar-refractivity contribution in [1.82, 2.24) is 25.7 Å². The van der Waals surface area contributed by atoms with Gasteiger partial charge >= 0.3 is 6.01 Å². The molecule has 35 heavy (non-hydrogen) atoms. The molecule has 1 aliphatic heterocycles. The molecule has 3 aromatic rings. The Bertz CT molecular complexity index is 1500. The van der Waals surface area contributed by atoms with Crippen LogP contribution in [-0.2, 0) is 4.79 Å². The molecular weight excluding hydrogens is 442 g/mol. The van der Waals surface area contributed by atoms with E-state index in [1.165, 1.54) is 0 Å². The number of aromatic amines is 1. The molecular formula is C26H31N7O2. The number of aromatic nitrogens is 3. The van der Waals surface area contributed by atoms with Crippen LogP contribution in [0.5, 0.6) is 6.01 Å².